The summed E-state index contributed by atoms with van der Waals surface area (Å²) in [5.74, 6) is -0.647. The average molecular weight is 259 g/mol. The van der Waals surface area contributed by atoms with Crippen LogP contribution >= 0.6 is 22.9 Å². The minimum Gasteiger partial charge on any atom is -0.320 e. The molecule has 0 spiro atoms. The quantitative estimate of drug-likeness (QED) is 0.778. The SMILES string of the molecule is O=C(CCl)NC(=O)N1CCc2sccc2C1. The number of carbonyl (C=O) groups is 2. The van der Waals surface area contributed by atoms with E-state index in [4.69, 9.17) is 11.6 Å². The van der Waals surface area contributed by atoms with Gasteiger partial charge < -0.3 is 4.90 Å². The average Bonchev–Trinajstić information content (AvgIpc) is 2.75. The number of carbonyl (C=O) groups excluding carboxylic acids is 2. The van der Waals surface area contributed by atoms with E-state index in [0.717, 1.165) is 6.42 Å². The molecule has 0 atom stereocenters. The van der Waals surface area contributed by atoms with Crippen molar-refractivity contribution in [1.82, 2.24) is 10.2 Å². The first kappa shape index (κ1) is 11.4. The van der Waals surface area contributed by atoms with Gasteiger partial charge in [0.25, 0.3) is 0 Å². The van der Waals surface area contributed by atoms with E-state index in [9.17, 15) is 9.59 Å². The zero-order valence-electron chi connectivity index (χ0n) is 8.53. The molecule has 1 N–H and O–H groups in total. The zero-order chi connectivity index (χ0) is 11.5. The normalized spacial score (nSPS) is 14.4. The largest absolute Gasteiger partial charge is 0.324 e. The van der Waals surface area contributed by atoms with Gasteiger partial charge in [0.2, 0.25) is 5.91 Å². The smallest absolute Gasteiger partial charge is 0.320 e. The molecule has 2 rings (SSSR count). The number of halogens is 1. The molecule has 0 fully saturated rings. The molecular formula is C10H11ClN2O2S. The second kappa shape index (κ2) is 4.84. The molecule has 1 aromatic rings. The van der Waals surface area contributed by atoms with E-state index in [1.165, 1.54) is 10.4 Å². The summed E-state index contributed by atoms with van der Waals surface area (Å²) in [6.07, 6.45) is 0.857. The van der Waals surface area contributed by atoms with Crippen molar-refractivity contribution < 1.29 is 9.59 Å². The summed E-state index contributed by atoms with van der Waals surface area (Å²) >= 11 is 7.03. The third-order valence-electron chi connectivity index (χ3n) is 2.46. The number of thiophene rings is 1. The van der Waals surface area contributed by atoms with Crippen molar-refractivity contribution in [3.05, 3.63) is 21.9 Å². The van der Waals surface area contributed by atoms with Crippen LogP contribution in [0.15, 0.2) is 11.4 Å². The third-order valence-corrected chi connectivity index (χ3v) is 3.73. The minimum atomic E-state index is -0.456. The Labute approximate surface area is 102 Å². The van der Waals surface area contributed by atoms with Crippen LogP contribution < -0.4 is 5.32 Å². The number of nitrogens with one attached hydrogen (secondary N) is 1. The van der Waals surface area contributed by atoms with E-state index in [0.29, 0.717) is 13.1 Å². The van der Waals surface area contributed by atoms with E-state index >= 15 is 0 Å². The van der Waals surface area contributed by atoms with Crippen molar-refractivity contribution in [1.29, 1.82) is 0 Å². The Morgan fingerprint density at radius 1 is 1.56 bits per heavy atom. The summed E-state index contributed by atoms with van der Waals surface area (Å²) in [6.45, 7) is 1.22. The monoisotopic (exact) mass is 258 g/mol. The molecule has 3 amide bonds. The number of rotatable bonds is 1. The number of nitrogens with zero attached hydrogens (tertiary/aromatic N) is 1. The number of hydrogen-bond acceptors (Lipinski definition) is 3. The molecular weight excluding hydrogens is 248 g/mol. The standard InChI is InChI=1S/C10H11ClN2O2S/c11-5-9(14)12-10(15)13-3-1-8-7(6-13)2-4-16-8/h2,4H,1,3,5-6H2,(H,12,14,15). The van der Waals surface area contributed by atoms with Gasteiger partial charge >= 0.3 is 6.03 Å². The maximum Gasteiger partial charge on any atom is 0.324 e. The predicted molar refractivity (Wildman–Crippen MR) is 62.7 cm³/mol. The number of urea groups is 1. The van der Waals surface area contributed by atoms with E-state index < -0.39 is 5.91 Å². The highest BCUT2D eigenvalue weighted by Gasteiger charge is 2.22. The van der Waals surface area contributed by atoms with Crippen molar-refractivity contribution in [3.8, 4) is 0 Å². The first-order valence-corrected chi connectivity index (χ1v) is 6.32. The number of amides is 3. The van der Waals surface area contributed by atoms with E-state index in [2.05, 4.69) is 5.32 Å². The molecule has 16 heavy (non-hydrogen) atoms. The fourth-order valence-electron chi connectivity index (χ4n) is 1.65. The second-order valence-electron chi connectivity index (χ2n) is 3.53. The van der Waals surface area contributed by atoms with Crippen LogP contribution in [0.25, 0.3) is 0 Å². The van der Waals surface area contributed by atoms with E-state index in [1.807, 2.05) is 11.4 Å². The number of imide groups is 1. The van der Waals surface area contributed by atoms with Gasteiger partial charge in [-0.1, -0.05) is 0 Å². The molecule has 1 aliphatic rings. The third kappa shape index (κ3) is 2.36. The van der Waals surface area contributed by atoms with Crippen LogP contribution in [0.4, 0.5) is 4.79 Å². The Kier molecular flexibility index (Phi) is 3.46. The van der Waals surface area contributed by atoms with Gasteiger partial charge in [-0.3, -0.25) is 10.1 Å². The molecule has 0 saturated heterocycles. The molecule has 1 aliphatic heterocycles. The Bertz CT molecular complexity index is 419. The number of alkyl halides is 1. The molecule has 0 aromatic carbocycles. The van der Waals surface area contributed by atoms with Crippen LogP contribution in [0.2, 0.25) is 0 Å². The lowest BCUT2D eigenvalue weighted by Gasteiger charge is -2.26. The van der Waals surface area contributed by atoms with Gasteiger partial charge in [0, 0.05) is 18.0 Å². The summed E-state index contributed by atoms with van der Waals surface area (Å²) in [7, 11) is 0. The Morgan fingerprint density at radius 3 is 3.12 bits per heavy atom. The van der Waals surface area contributed by atoms with E-state index in [-0.39, 0.29) is 11.9 Å². The van der Waals surface area contributed by atoms with Crippen molar-refractivity contribution in [2.24, 2.45) is 0 Å². The lowest BCUT2D eigenvalue weighted by Crippen LogP contribution is -2.45. The van der Waals surface area contributed by atoms with Crippen molar-refractivity contribution in [2.75, 3.05) is 12.4 Å². The summed E-state index contributed by atoms with van der Waals surface area (Å²) < 4.78 is 0. The highest BCUT2D eigenvalue weighted by Crippen LogP contribution is 2.23. The summed E-state index contributed by atoms with van der Waals surface area (Å²) in [6, 6.07) is 1.66. The van der Waals surface area contributed by atoms with E-state index in [1.54, 1.807) is 16.2 Å². The highest BCUT2D eigenvalue weighted by molar-refractivity contribution is 7.10. The molecule has 4 nitrogen and oxygen atoms in total. The summed E-state index contributed by atoms with van der Waals surface area (Å²) in [5.41, 5.74) is 1.17. The molecule has 6 heteroatoms. The maximum atomic E-state index is 11.6. The predicted octanol–water partition coefficient (Wildman–Crippen LogP) is 1.58. The molecule has 2 heterocycles. The van der Waals surface area contributed by atoms with Crippen LogP contribution in [-0.4, -0.2) is 29.3 Å². The van der Waals surface area contributed by atoms with Gasteiger partial charge in [0.1, 0.15) is 5.88 Å². The minimum absolute atomic E-state index is 0.191. The van der Waals surface area contributed by atoms with Crippen LogP contribution in [0.1, 0.15) is 10.4 Å². The molecule has 0 radical (unpaired) electrons. The Hall–Kier alpha value is -1.07. The molecule has 86 valence electrons. The topological polar surface area (TPSA) is 49.4 Å². The van der Waals surface area contributed by atoms with Crippen LogP contribution in [0.5, 0.6) is 0 Å². The van der Waals surface area contributed by atoms with Gasteiger partial charge in [-0.15, -0.1) is 22.9 Å². The fourth-order valence-corrected chi connectivity index (χ4v) is 2.61. The van der Waals surface area contributed by atoms with Crippen LogP contribution in [-0.2, 0) is 17.8 Å². The summed E-state index contributed by atoms with van der Waals surface area (Å²) in [4.78, 5) is 25.6. The van der Waals surface area contributed by atoms with Gasteiger partial charge in [0.15, 0.2) is 0 Å². The fraction of sp³-hybridized carbons (Fsp3) is 0.400. The van der Waals surface area contributed by atoms with Crippen molar-refractivity contribution in [3.63, 3.8) is 0 Å². The first-order valence-electron chi connectivity index (χ1n) is 4.90. The van der Waals surface area contributed by atoms with Crippen molar-refractivity contribution >= 4 is 34.9 Å². The molecule has 0 unspecified atom stereocenters. The van der Waals surface area contributed by atoms with Gasteiger partial charge in [-0.25, -0.2) is 4.79 Å². The van der Waals surface area contributed by atoms with Crippen molar-refractivity contribution in [2.45, 2.75) is 13.0 Å². The first-order chi connectivity index (χ1) is 7.70. The second-order valence-corrected chi connectivity index (χ2v) is 4.80. The highest BCUT2D eigenvalue weighted by atomic mass is 35.5. The number of fused-ring (bicyclic) bond motifs is 1. The van der Waals surface area contributed by atoms with Gasteiger partial charge in [0.05, 0.1) is 0 Å². The molecule has 0 saturated carbocycles. The zero-order valence-corrected chi connectivity index (χ0v) is 10.1. The lowest BCUT2D eigenvalue weighted by molar-refractivity contribution is -0.117. The van der Waals surface area contributed by atoms with Crippen LogP contribution in [0.3, 0.4) is 0 Å². The Balaban J connectivity index is 1.98. The molecule has 0 aliphatic carbocycles. The maximum absolute atomic E-state index is 11.6. The molecule has 0 bridgehead atoms. The van der Waals surface area contributed by atoms with Gasteiger partial charge in [-0.05, 0) is 23.4 Å². The molecule has 1 aromatic heterocycles. The lowest BCUT2D eigenvalue weighted by atomic mass is 10.1. The van der Waals surface area contributed by atoms with Gasteiger partial charge in [-0.2, -0.15) is 0 Å². The Morgan fingerprint density at radius 2 is 2.38 bits per heavy atom. The number of hydrogen-bond donors (Lipinski definition) is 1. The summed E-state index contributed by atoms with van der Waals surface area (Å²) in [5, 5.41) is 4.27. The van der Waals surface area contributed by atoms with Crippen LogP contribution in [0, 0.1) is 0 Å².